The van der Waals surface area contributed by atoms with Crippen LogP contribution in [0.1, 0.15) is 104 Å². The third-order valence-corrected chi connectivity index (χ3v) is 5.94. The Morgan fingerprint density at radius 2 is 1.00 bits per heavy atom. The Kier molecular flexibility index (Phi) is 18.7. The van der Waals surface area contributed by atoms with E-state index >= 15 is 0 Å². The van der Waals surface area contributed by atoms with Gasteiger partial charge in [0.2, 0.25) is 0 Å². The maximum absolute atomic E-state index is 5.72. The van der Waals surface area contributed by atoms with E-state index in [1.165, 1.54) is 90.3 Å². The zero-order valence-corrected chi connectivity index (χ0v) is 20.1. The molecule has 0 radical (unpaired) electrons. The van der Waals surface area contributed by atoms with Gasteiger partial charge in [-0.15, -0.1) is 0 Å². The summed E-state index contributed by atoms with van der Waals surface area (Å²) in [4.78, 5) is 2.64. The molecule has 0 amide bonds. The van der Waals surface area contributed by atoms with Crippen molar-refractivity contribution in [1.29, 1.82) is 0 Å². The molecule has 0 aliphatic carbocycles. The number of hydrogen-bond acceptors (Lipinski definition) is 4. The molecular formula is C24H51NO3. The normalized spacial score (nSPS) is 13.4. The van der Waals surface area contributed by atoms with Crippen LogP contribution < -0.4 is 0 Å². The smallest absolute Gasteiger partial charge is 0.285 e. The second-order valence-electron chi connectivity index (χ2n) is 8.16. The Bertz CT molecular complexity index is 305. The van der Waals surface area contributed by atoms with E-state index in [2.05, 4.69) is 25.7 Å². The van der Waals surface area contributed by atoms with E-state index in [9.17, 15) is 0 Å². The fourth-order valence-corrected chi connectivity index (χ4v) is 4.08. The minimum atomic E-state index is -0.902. The van der Waals surface area contributed by atoms with Crippen LogP contribution in [0.5, 0.6) is 0 Å². The molecule has 0 fully saturated rings. The van der Waals surface area contributed by atoms with Gasteiger partial charge in [0.05, 0.1) is 0 Å². The SMILES string of the molecule is CCCCCCCCC(CCCN(CCCC)CCCC)C(OC)(OC)OC. The van der Waals surface area contributed by atoms with E-state index in [0.717, 1.165) is 12.8 Å². The first kappa shape index (κ1) is 27.8. The summed E-state index contributed by atoms with van der Waals surface area (Å²) in [7, 11) is 5.11. The lowest BCUT2D eigenvalue weighted by molar-refractivity contribution is -0.380. The molecule has 0 saturated heterocycles. The van der Waals surface area contributed by atoms with Crippen molar-refractivity contribution in [2.24, 2.45) is 5.92 Å². The largest absolute Gasteiger partial charge is 0.331 e. The van der Waals surface area contributed by atoms with Gasteiger partial charge in [0.1, 0.15) is 0 Å². The van der Waals surface area contributed by atoms with E-state index < -0.39 is 5.97 Å². The van der Waals surface area contributed by atoms with Gasteiger partial charge in [0.25, 0.3) is 5.97 Å². The molecule has 1 unspecified atom stereocenters. The molecule has 0 spiro atoms. The molecule has 0 aromatic heterocycles. The molecule has 0 aromatic carbocycles. The lowest BCUT2D eigenvalue weighted by Gasteiger charge is -2.37. The Hall–Kier alpha value is -0.160. The first-order valence-electron chi connectivity index (χ1n) is 12.0. The van der Waals surface area contributed by atoms with Crippen molar-refractivity contribution >= 4 is 0 Å². The van der Waals surface area contributed by atoms with Gasteiger partial charge in [-0.1, -0.05) is 72.1 Å². The van der Waals surface area contributed by atoms with Crippen LogP contribution in [0.3, 0.4) is 0 Å². The molecule has 170 valence electrons. The lowest BCUT2D eigenvalue weighted by atomic mass is 9.92. The molecule has 0 aliphatic rings. The van der Waals surface area contributed by atoms with Crippen molar-refractivity contribution in [3.8, 4) is 0 Å². The maximum atomic E-state index is 5.72. The molecule has 4 heteroatoms. The average Bonchev–Trinajstić information content (AvgIpc) is 2.73. The summed E-state index contributed by atoms with van der Waals surface area (Å²) in [5.74, 6) is -0.626. The van der Waals surface area contributed by atoms with Gasteiger partial charge in [-0.2, -0.15) is 0 Å². The summed E-state index contributed by atoms with van der Waals surface area (Å²) in [5.41, 5.74) is 0. The van der Waals surface area contributed by atoms with Crippen molar-refractivity contribution in [1.82, 2.24) is 4.90 Å². The molecular weight excluding hydrogens is 350 g/mol. The van der Waals surface area contributed by atoms with Crippen molar-refractivity contribution in [3.05, 3.63) is 0 Å². The number of ether oxygens (including phenoxy) is 3. The van der Waals surface area contributed by atoms with Gasteiger partial charge in [-0.05, 0) is 51.7 Å². The molecule has 4 nitrogen and oxygen atoms in total. The highest BCUT2D eigenvalue weighted by Crippen LogP contribution is 2.32. The Morgan fingerprint density at radius 1 is 0.571 bits per heavy atom. The quantitative estimate of drug-likeness (QED) is 0.159. The highest BCUT2D eigenvalue weighted by molar-refractivity contribution is 4.73. The first-order valence-corrected chi connectivity index (χ1v) is 12.0. The number of nitrogens with zero attached hydrogens (tertiary/aromatic N) is 1. The van der Waals surface area contributed by atoms with Gasteiger partial charge in [0.15, 0.2) is 0 Å². The number of unbranched alkanes of at least 4 members (excludes halogenated alkanes) is 7. The standard InChI is InChI=1S/C24H51NO3/c1-7-10-13-14-15-16-18-23(24(26-4,27-5)28-6)19-17-22-25(20-11-8-2)21-12-9-3/h23H,7-22H2,1-6H3. The summed E-state index contributed by atoms with van der Waals surface area (Å²) in [5, 5.41) is 0. The lowest BCUT2D eigenvalue weighted by Crippen LogP contribution is -2.44. The topological polar surface area (TPSA) is 30.9 Å². The minimum Gasteiger partial charge on any atom is -0.331 e. The zero-order chi connectivity index (χ0) is 21.1. The van der Waals surface area contributed by atoms with Gasteiger partial charge in [0, 0.05) is 27.2 Å². The third-order valence-electron chi connectivity index (χ3n) is 5.94. The zero-order valence-electron chi connectivity index (χ0n) is 20.1. The summed E-state index contributed by atoms with van der Waals surface area (Å²) in [6, 6.07) is 0. The fourth-order valence-electron chi connectivity index (χ4n) is 4.08. The van der Waals surface area contributed by atoms with Crippen LogP contribution in [0, 0.1) is 5.92 Å². The summed E-state index contributed by atoms with van der Waals surface area (Å²) < 4.78 is 17.2. The van der Waals surface area contributed by atoms with Crippen molar-refractivity contribution in [2.45, 2.75) is 110 Å². The second-order valence-corrected chi connectivity index (χ2v) is 8.16. The van der Waals surface area contributed by atoms with Crippen molar-refractivity contribution in [2.75, 3.05) is 41.0 Å². The molecule has 0 bridgehead atoms. The van der Waals surface area contributed by atoms with Crippen LogP contribution in [-0.2, 0) is 14.2 Å². The van der Waals surface area contributed by atoms with Crippen LogP contribution in [0.25, 0.3) is 0 Å². The van der Waals surface area contributed by atoms with Crippen LogP contribution in [0.15, 0.2) is 0 Å². The van der Waals surface area contributed by atoms with E-state index in [4.69, 9.17) is 14.2 Å². The maximum Gasteiger partial charge on any atom is 0.285 e. The Labute approximate surface area is 176 Å². The van der Waals surface area contributed by atoms with Crippen LogP contribution in [-0.4, -0.2) is 51.8 Å². The first-order chi connectivity index (χ1) is 13.6. The third kappa shape index (κ3) is 11.7. The van der Waals surface area contributed by atoms with Gasteiger partial charge in [-0.25, -0.2) is 0 Å². The van der Waals surface area contributed by atoms with Gasteiger partial charge >= 0.3 is 0 Å². The molecule has 0 saturated carbocycles. The van der Waals surface area contributed by atoms with Crippen molar-refractivity contribution in [3.63, 3.8) is 0 Å². The molecule has 0 heterocycles. The van der Waals surface area contributed by atoms with Crippen LogP contribution >= 0.6 is 0 Å². The van der Waals surface area contributed by atoms with Crippen LogP contribution in [0.2, 0.25) is 0 Å². The van der Waals surface area contributed by atoms with Crippen LogP contribution in [0.4, 0.5) is 0 Å². The number of hydrogen-bond donors (Lipinski definition) is 0. The van der Waals surface area contributed by atoms with E-state index in [1.807, 2.05) is 0 Å². The highest BCUT2D eigenvalue weighted by Gasteiger charge is 2.39. The molecule has 1 atom stereocenters. The monoisotopic (exact) mass is 401 g/mol. The Morgan fingerprint density at radius 3 is 1.50 bits per heavy atom. The fraction of sp³-hybridized carbons (Fsp3) is 1.00. The van der Waals surface area contributed by atoms with E-state index in [0.29, 0.717) is 0 Å². The predicted octanol–water partition coefficient (Wildman–Crippen LogP) is 6.63. The average molecular weight is 402 g/mol. The summed E-state index contributed by atoms with van der Waals surface area (Å²) in [6.07, 6.45) is 16.3. The minimum absolute atomic E-state index is 0.276. The summed E-state index contributed by atoms with van der Waals surface area (Å²) in [6.45, 7) is 10.4. The van der Waals surface area contributed by atoms with E-state index in [1.54, 1.807) is 21.3 Å². The predicted molar refractivity (Wildman–Crippen MR) is 121 cm³/mol. The van der Waals surface area contributed by atoms with Gasteiger partial charge in [-0.3, -0.25) is 0 Å². The molecule has 28 heavy (non-hydrogen) atoms. The van der Waals surface area contributed by atoms with Crippen molar-refractivity contribution < 1.29 is 14.2 Å². The summed E-state index contributed by atoms with van der Waals surface area (Å²) >= 11 is 0. The molecule has 0 aliphatic heterocycles. The van der Waals surface area contributed by atoms with E-state index in [-0.39, 0.29) is 5.92 Å². The van der Waals surface area contributed by atoms with Gasteiger partial charge < -0.3 is 19.1 Å². The second kappa shape index (κ2) is 18.8. The Balaban J connectivity index is 4.63. The molecule has 0 aromatic rings. The molecule has 0 rings (SSSR count). The number of rotatable bonds is 21. The highest BCUT2D eigenvalue weighted by atomic mass is 16.9. The number of methoxy groups -OCH3 is 3. The molecule has 0 N–H and O–H groups in total.